The van der Waals surface area contributed by atoms with Gasteiger partial charge in [-0.15, -0.1) is 0 Å². The molecule has 0 aliphatic carbocycles. The minimum absolute atomic E-state index is 0.138. The van der Waals surface area contributed by atoms with Gasteiger partial charge < -0.3 is 24.2 Å². The van der Waals surface area contributed by atoms with Crippen LogP contribution in [0.4, 0.5) is 5.82 Å². The van der Waals surface area contributed by atoms with Crippen LogP contribution >= 0.6 is 11.8 Å². The van der Waals surface area contributed by atoms with Crippen molar-refractivity contribution in [3.05, 3.63) is 36.9 Å². The molecule has 0 saturated carbocycles. The molecule has 11 nitrogen and oxygen atoms in total. The van der Waals surface area contributed by atoms with Crippen molar-refractivity contribution in [2.75, 3.05) is 18.3 Å². The zero-order valence-corrected chi connectivity index (χ0v) is 18.2. The molecule has 1 aliphatic rings. The first kappa shape index (κ1) is 20.6. The number of fused-ring (bicyclic) bond motifs is 2. The maximum atomic E-state index is 11.4. The topological polar surface area (TPSA) is 161 Å². The molecule has 1 aliphatic heterocycles. The number of aryl methyl sites for hydroxylation is 1. The van der Waals surface area contributed by atoms with E-state index in [1.807, 2.05) is 18.2 Å². The van der Waals surface area contributed by atoms with Crippen LogP contribution in [-0.2, 0) is 16.6 Å². The van der Waals surface area contributed by atoms with E-state index in [1.54, 1.807) is 16.9 Å². The number of hydrogen-bond acceptors (Lipinski definition) is 10. The van der Waals surface area contributed by atoms with Gasteiger partial charge in [0.1, 0.15) is 12.1 Å². The lowest BCUT2D eigenvalue weighted by Crippen LogP contribution is -2.18. The molecule has 32 heavy (non-hydrogen) atoms. The first-order valence-electron chi connectivity index (χ1n) is 9.51. The predicted octanol–water partition coefficient (Wildman–Crippen LogP) is 2.23. The Balaban J connectivity index is 1.58. The molecule has 4 heterocycles. The first-order valence-corrected chi connectivity index (χ1v) is 12.0. The van der Waals surface area contributed by atoms with Gasteiger partial charge in [-0.1, -0.05) is 11.8 Å². The van der Waals surface area contributed by atoms with E-state index < -0.39 is 10.0 Å². The summed E-state index contributed by atoms with van der Waals surface area (Å²) in [6.07, 6.45) is 3.22. The van der Waals surface area contributed by atoms with Crippen molar-refractivity contribution in [1.29, 1.82) is 0 Å². The number of anilines is 1. The van der Waals surface area contributed by atoms with Crippen LogP contribution in [0.5, 0.6) is 11.5 Å². The smallest absolute Gasteiger partial charge is 0.231 e. The van der Waals surface area contributed by atoms with Crippen molar-refractivity contribution in [2.24, 2.45) is 5.14 Å². The molecule has 0 bridgehead atoms. The first-order chi connectivity index (χ1) is 15.4. The Hall–Kier alpha value is -3.29. The molecular weight excluding hydrogens is 456 g/mol. The summed E-state index contributed by atoms with van der Waals surface area (Å²) in [4.78, 5) is 13.7. The summed E-state index contributed by atoms with van der Waals surface area (Å²) >= 11 is 1.35. The van der Waals surface area contributed by atoms with Crippen molar-refractivity contribution >= 4 is 38.8 Å². The van der Waals surface area contributed by atoms with Crippen LogP contribution in [0.1, 0.15) is 6.42 Å². The van der Waals surface area contributed by atoms with Gasteiger partial charge in [0.05, 0.1) is 12.0 Å². The Labute approximate surface area is 186 Å². The van der Waals surface area contributed by atoms with E-state index in [0.29, 0.717) is 40.1 Å². The Bertz CT molecular complexity index is 1400. The number of aromatic nitrogens is 4. The molecule has 0 atom stereocenters. The largest absolute Gasteiger partial charge is 0.464 e. The fraction of sp³-hybridized carbons (Fsp3) is 0.211. The van der Waals surface area contributed by atoms with Crippen LogP contribution in [-0.4, -0.2) is 40.5 Å². The number of furan rings is 1. The average Bonchev–Trinajstić information content (AvgIpc) is 3.48. The Morgan fingerprint density at radius 1 is 1.19 bits per heavy atom. The molecule has 0 unspecified atom stereocenters. The third-order valence-corrected chi connectivity index (χ3v) is 6.71. The van der Waals surface area contributed by atoms with Crippen LogP contribution in [0.25, 0.3) is 22.5 Å². The van der Waals surface area contributed by atoms with Gasteiger partial charge in [0.15, 0.2) is 33.6 Å². The maximum absolute atomic E-state index is 11.4. The number of nitrogens with two attached hydrogens (primary N) is 2. The molecule has 0 spiro atoms. The number of nitrogen functional groups attached to an aromatic ring is 1. The van der Waals surface area contributed by atoms with Crippen molar-refractivity contribution < 1.29 is 22.3 Å². The third kappa shape index (κ3) is 3.97. The summed E-state index contributed by atoms with van der Waals surface area (Å²) in [5.41, 5.74) is 7.75. The summed E-state index contributed by atoms with van der Waals surface area (Å²) in [5, 5.41) is 5.72. The highest BCUT2D eigenvalue weighted by molar-refractivity contribution is 7.99. The van der Waals surface area contributed by atoms with Gasteiger partial charge in [-0.2, -0.15) is 0 Å². The molecule has 166 valence electrons. The summed E-state index contributed by atoms with van der Waals surface area (Å²) < 4.78 is 41.3. The molecule has 4 aromatic rings. The van der Waals surface area contributed by atoms with E-state index in [4.69, 9.17) is 24.8 Å². The number of nitrogens with zero attached hydrogens (tertiary/aromatic N) is 4. The molecule has 13 heteroatoms. The fourth-order valence-corrected chi connectivity index (χ4v) is 4.96. The molecular formula is C19H18N6O5S2. The Morgan fingerprint density at radius 2 is 2.00 bits per heavy atom. The van der Waals surface area contributed by atoms with Gasteiger partial charge in [0, 0.05) is 17.0 Å². The molecule has 3 aromatic heterocycles. The number of benzene rings is 1. The number of ether oxygens (including phenoxy) is 2. The lowest BCUT2D eigenvalue weighted by atomic mass is 10.1. The molecule has 1 aromatic carbocycles. The number of primary sulfonamides is 1. The molecule has 0 radical (unpaired) electrons. The predicted molar refractivity (Wildman–Crippen MR) is 117 cm³/mol. The van der Waals surface area contributed by atoms with Crippen LogP contribution in [0.2, 0.25) is 0 Å². The van der Waals surface area contributed by atoms with Crippen LogP contribution < -0.4 is 20.3 Å². The monoisotopic (exact) mass is 474 g/mol. The number of imidazole rings is 1. The highest BCUT2D eigenvalue weighted by Crippen LogP contribution is 2.45. The second-order valence-corrected chi connectivity index (χ2v) is 9.72. The molecule has 4 N–H and O–H groups in total. The number of sulfonamides is 1. The molecule has 0 amide bonds. The van der Waals surface area contributed by atoms with Crippen LogP contribution in [0, 0.1) is 0 Å². The van der Waals surface area contributed by atoms with E-state index >= 15 is 0 Å². The number of hydrogen-bond donors (Lipinski definition) is 2. The second kappa shape index (κ2) is 8.00. The lowest BCUT2D eigenvalue weighted by Gasteiger charge is -2.11. The van der Waals surface area contributed by atoms with Crippen molar-refractivity contribution in [3.8, 4) is 22.8 Å². The van der Waals surface area contributed by atoms with Gasteiger partial charge in [-0.25, -0.2) is 28.5 Å². The fourth-order valence-electron chi connectivity index (χ4n) is 3.37. The van der Waals surface area contributed by atoms with Crippen LogP contribution in [0.3, 0.4) is 0 Å². The summed E-state index contributed by atoms with van der Waals surface area (Å²) in [6.45, 7) is 0.464. The number of rotatable bonds is 7. The van der Waals surface area contributed by atoms with Gasteiger partial charge in [-0.3, -0.25) is 0 Å². The summed E-state index contributed by atoms with van der Waals surface area (Å²) in [5.74, 6) is 1.96. The third-order valence-electron chi connectivity index (χ3n) is 4.80. The van der Waals surface area contributed by atoms with E-state index in [-0.39, 0.29) is 24.8 Å². The maximum Gasteiger partial charge on any atom is 0.231 e. The van der Waals surface area contributed by atoms with Crippen molar-refractivity contribution in [1.82, 2.24) is 19.5 Å². The van der Waals surface area contributed by atoms with E-state index in [0.717, 1.165) is 10.5 Å². The van der Waals surface area contributed by atoms with Crippen LogP contribution in [0.15, 0.2) is 51.3 Å². The van der Waals surface area contributed by atoms with Gasteiger partial charge in [0.2, 0.25) is 16.8 Å². The molecule has 0 fully saturated rings. The van der Waals surface area contributed by atoms with Gasteiger partial charge in [0.25, 0.3) is 0 Å². The van der Waals surface area contributed by atoms with Crippen molar-refractivity contribution in [2.45, 2.75) is 23.0 Å². The highest BCUT2D eigenvalue weighted by Gasteiger charge is 2.23. The van der Waals surface area contributed by atoms with E-state index in [9.17, 15) is 8.42 Å². The zero-order valence-electron chi connectivity index (χ0n) is 16.6. The Kier molecular flexibility index (Phi) is 5.15. The van der Waals surface area contributed by atoms with E-state index in [1.165, 1.54) is 18.1 Å². The second-order valence-electron chi connectivity index (χ2n) is 6.98. The highest BCUT2D eigenvalue weighted by atomic mass is 32.2. The van der Waals surface area contributed by atoms with Crippen molar-refractivity contribution in [3.63, 3.8) is 0 Å². The summed E-state index contributed by atoms with van der Waals surface area (Å²) in [7, 11) is -3.59. The molecule has 0 saturated heterocycles. The normalized spacial score (nSPS) is 13.2. The van der Waals surface area contributed by atoms with Gasteiger partial charge >= 0.3 is 0 Å². The summed E-state index contributed by atoms with van der Waals surface area (Å²) in [6, 6.07) is 7.35. The minimum atomic E-state index is -3.59. The quantitative estimate of drug-likeness (QED) is 0.406. The SMILES string of the molecule is Nc1ncnc2c1nc(Sc1cc3c(cc1-c1ccco1)OCO3)n2CCCS(N)(=O)=O. The lowest BCUT2D eigenvalue weighted by molar-refractivity contribution is 0.174. The average molecular weight is 475 g/mol. The standard InChI is InChI=1S/C19H18N6O5S2/c20-17-16-18(23-9-22-17)25(4-2-6-32(21,26)27)19(24-16)31-15-8-14-13(29-10-30-14)7-11(15)12-3-1-5-28-12/h1,3,5,7-9H,2,4,6,10H2,(H2,20,22,23)(H2,21,26,27). The minimum Gasteiger partial charge on any atom is -0.464 e. The zero-order chi connectivity index (χ0) is 22.3. The van der Waals surface area contributed by atoms with Gasteiger partial charge in [-0.05, 0) is 30.7 Å². The molecule has 5 rings (SSSR count). The van der Waals surface area contributed by atoms with E-state index in [2.05, 4.69) is 15.0 Å². The Morgan fingerprint density at radius 3 is 2.75 bits per heavy atom.